The van der Waals surface area contributed by atoms with Gasteiger partial charge in [0, 0.05) is 25.2 Å². The molecule has 136 valence electrons. The molecule has 1 fully saturated rings. The van der Waals surface area contributed by atoms with Crippen LogP contribution in [0.4, 0.5) is 0 Å². The minimum atomic E-state index is 0.354. The van der Waals surface area contributed by atoms with E-state index in [0.717, 1.165) is 49.8 Å². The van der Waals surface area contributed by atoms with Gasteiger partial charge in [0.1, 0.15) is 11.5 Å². The predicted octanol–water partition coefficient (Wildman–Crippen LogP) is 2.68. The highest BCUT2D eigenvalue weighted by Gasteiger charge is 2.21. The van der Waals surface area contributed by atoms with Gasteiger partial charge in [-0.15, -0.1) is 0 Å². The average molecular weight is 336 g/mol. The van der Waals surface area contributed by atoms with E-state index in [2.05, 4.69) is 24.1 Å². The molecule has 5 heteroatoms. The minimum absolute atomic E-state index is 0.354. The highest BCUT2D eigenvalue weighted by molar-refractivity contribution is 5.40. The topological polar surface area (TPSA) is 43.0 Å². The van der Waals surface area contributed by atoms with Gasteiger partial charge in [0.25, 0.3) is 0 Å². The van der Waals surface area contributed by atoms with Crippen molar-refractivity contribution in [1.82, 2.24) is 10.2 Å². The quantitative estimate of drug-likeness (QED) is 0.702. The Bertz CT molecular complexity index is 486. The lowest BCUT2D eigenvalue weighted by Crippen LogP contribution is -2.45. The van der Waals surface area contributed by atoms with E-state index in [1.165, 1.54) is 12.8 Å². The molecular formula is C19H32N2O3. The van der Waals surface area contributed by atoms with E-state index >= 15 is 0 Å². The molecule has 5 nitrogen and oxygen atoms in total. The predicted molar refractivity (Wildman–Crippen MR) is 96.9 cm³/mol. The maximum Gasteiger partial charge on any atom is 0.123 e. The standard InChI is InChI=1S/C19H32N2O3/c1-15-13-21(14-16(2)24-15)10-6-5-9-20-12-17-11-18(22-3)7-8-19(17)23-4/h7-8,11,15-16,20H,5-6,9-10,12-14H2,1-4H3. The number of rotatable bonds is 9. The summed E-state index contributed by atoms with van der Waals surface area (Å²) in [6.45, 7) is 9.39. The van der Waals surface area contributed by atoms with Crippen LogP contribution in [0.3, 0.4) is 0 Å². The Morgan fingerprint density at radius 2 is 1.88 bits per heavy atom. The van der Waals surface area contributed by atoms with Crippen molar-refractivity contribution in [3.8, 4) is 11.5 Å². The smallest absolute Gasteiger partial charge is 0.123 e. The Morgan fingerprint density at radius 3 is 2.54 bits per heavy atom. The summed E-state index contributed by atoms with van der Waals surface area (Å²) in [6.07, 6.45) is 3.09. The van der Waals surface area contributed by atoms with Gasteiger partial charge in [0.2, 0.25) is 0 Å². The van der Waals surface area contributed by atoms with Crippen molar-refractivity contribution in [3.63, 3.8) is 0 Å². The molecule has 2 atom stereocenters. The summed E-state index contributed by atoms with van der Waals surface area (Å²) in [7, 11) is 3.39. The highest BCUT2D eigenvalue weighted by atomic mass is 16.5. The molecule has 0 amide bonds. The lowest BCUT2D eigenvalue weighted by molar-refractivity contribution is -0.0681. The first-order valence-corrected chi connectivity index (χ1v) is 8.91. The molecule has 1 saturated heterocycles. The van der Waals surface area contributed by atoms with Crippen molar-refractivity contribution >= 4 is 0 Å². The average Bonchev–Trinajstić information content (AvgIpc) is 2.56. The zero-order chi connectivity index (χ0) is 17.4. The van der Waals surface area contributed by atoms with E-state index in [0.29, 0.717) is 12.2 Å². The summed E-state index contributed by atoms with van der Waals surface area (Å²) in [4.78, 5) is 2.52. The summed E-state index contributed by atoms with van der Waals surface area (Å²) in [6, 6.07) is 5.91. The van der Waals surface area contributed by atoms with Crippen LogP contribution in [0.15, 0.2) is 18.2 Å². The molecule has 1 heterocycles. The van der Waals surface area contributed by atoms with Crippen molar-refractivity contribution < 1.29 is 14.2 Å². The van der Waals surface area contributed by atoms with Crippen LogP contribution in [-0.4, -0.2) is 57.5 Å². The van der Waals surface area contributed by atoms with Gasteiger partial charge in [-0.2, -0.15) is 0 Å². The minimum Gasteiger partial charge on any atom is -0.497 e. The molecule has 1 aliphatic rings. The van der Waals surface area contributed by atoms with Crippen molar-refractivity contribution in [3.05, 3.63) is 23.8 Å². The third-order valence-electron chi connectivity index (χ3n) is 4.38. The Balaban J connectivity index is 1.64. The molecule has 24 heavy (non-hydrogen) atoms. The summed E-state index contributed by atoms with van der Waals surface area (Å²) < 4.78 is 16.5. The normalized spacial score (nSPS) is 21.7. The Morgan fingerprint density at radius 1 is 1.12 bits per heavy atom. The fourth-order valence-electron chi connectivity index (χ4n) is 3.30. The van der Waals surface area contributed by atoms with Crippen LogP contribution in [0.5, 0.6) is 11.5 Å². The molecule has 1 aliphatic heterocycles. The number of nitrogens with one attached hydrogen (secondary N) is 1. The number of benzene rings is 1. The number of unbranched alkanes of at least 4 members (excludes halogenated alkanes) is 1. The second kappa shape index (κ2) is 9.87. The first kappa shape index (κ1) is 19.0. The van der Waals surface area contributed by atoms with E-state index in [1.54, 1.807) is 14.2 Å². The van der Waals surface area contributed by atoms with E-state index in [1.807, 2.05) is 18.2 Å². The highest BCUT2D eigenvalue weighted by Crippen LogP contribution is 2.23. The Labute approximate surface area is 146 Å². The maximum atomic E-state index is 5.77. The maximum absolute atomic E-state index is 5.77. The molecular weight excluding hydrogens is 304 g/mol. The zero-order valence-corrected chi connectivity index (χ0v) is 15.5. The SMILES string of the molecule is COc1ccc(OC)c(CNCCCCN2CC(C)OC(C)C2)c1. The van der Waals surface area contributed by atoms with Gasteiger partial charge in [-0.25, -0.2) is 0 Å². The monoisotopic (exact) mass is 336 g/mol. The van der Waals surface area contributed by atoms with Crippen LogP contribution >= 0.6 is 0 Å². The lowest BCUT2D eigenvalue weighted by Gasteiger charge is -2.35. The molecule has 0 aromatic heterocycles. The number of hydrogen-bond donors (Lipinski definition) is 1. The number of hydrogen-bond acceptors (Lipinski definition) is 5. The molecule has 0 saturated carbocycles. The zero-order valence-electron chi connectivity index (χ0n) is 15.5. The van der Waals surface area contributed by atoms with Crippen LogP contribution < -0.4 is 14.8 Å². The van der Waals surface area contributed by atoms with Gasteiger partial charge in [-0.05, 0) is 58.0 Å². The van der Waals surface area contributed by atoms with Gasteiger partial charge in [-0.1, -0.05) is 0 Å². The van der Waals surface area contributed by atoms with Crippen LogP contribution in [0.1, 0.15) is 32.3 Å². The largest absolute Gasteiger partial charge is 0.497 e. The van der Waals surface area contributed by atoms with Crippen LogP contribution in [0, 0.1) is 0 Å². The van der Waals surface area contributed by atoms with E-state index in [9.17, 15) is 0 Å². The molecule has 0 radical (unpaired) electrons. The Kier molecular flexibility index (Phi) is 7.82. The lowest BCUT2D eigenvalue weighted by atomic mass is 10.1. The summed E-state index contributed by atoms with van der Waals surface area (Å²) in [5, 5.41) is 3.50. The molecule has 1 aromatic rings. The van der Waals surface area contributed by atoms with Gasteiger partial charge < -0.3 is 19.5 Å². The van der Waals surface area contributed by atoms with Gasteiger partial charge in [0.05, 0.1) is 26.4 Å². The van der Waals surface area contributed by atoms with Gasteiger partial charge in [-0.3, -0.25) is 4.90 Å². The van der Waals surface area contributed by atoms with E-state index < -0.39 is 0 Å². The molecule has 0 aliphatic carbocycles. The van der Waals surface area contributed by atoms with Crippen molar-refractivity contribution in [1.29, 1.82) is 0 Å². The van der Waals surface area contributed by atoms with E-state index in [-0.39, 0.29) is 0 Å². The molecule has 0 bridgehead atoms. The first-order valence-electron chi connectivity index (χ1n) is 8.91. The molecule has 2 rings (SSSR count). The van der Waals surface area contributed by atoms with Gasteiger partial charge in [0.15, 0.2) is 0 Å². The van der Waals surface area contributed by atoms with Crippen molar-refractivity contribution in [2.75, 3.05) is 40.4 Å². The summed E-state index contributed by atoms with van der Waals surface area (Å²) in [5.41, 5.74) is 1.13. The van der Waals surface area contributed by atoms with Crippen molar-refractivity contribution in [2.24, 2.45) is 0 Å². The molecule has 0 spiro atoms. The van der Waals surface area contributed by atoms with Gasteiger partial charge >= 0.3 is 0 Å². The second-order valence-corrected chi connectivity index (χ2v) is 6.58. The molecule has 1 aromatic carbocycles. The van der Waals surface area contributed by atoms with Crippen LogP contribution in [0.25, 0.3) is 0 Å². The third-order valence-corrected chi connectivity index (χ3v) is 4.38. The molecule has 1 N–H and O–H groups in total. The number of methoxy groups -OCH3 is 2. The fourth-order valence-corrected chi connectivity index (χ4v) is 3.30. The Hall–Kier alpha value is -1.30. The first-order chi connectivity index (χ1) is 11.6. The van der Waals surface area contributed by atoms with Crippen molar-refractivity contribution in [2.45, 2.75) is 45.4 Å². The third kappa shape index (κ3) is 5.96. The van der Waals surface area contributed by atoms with Crippen LogP contribution in [0.2, 0.25) is 0 Å². The second-order valence-electron chi connectivity index (χ2n) is 6.58. The summed E-state index contributed by atoms with van der Waals surface area (Å²) >= 11 is 0. The molecule has 2 unspecified atom stereocenters. The number of ether oxygens (including phenoxy) is 3. The number of morpholine rings is 1. The van der Waals surface area contributed by atoms with E-state index in [4.69, 9.17) is 14.2 Å². The summed E-state index contributed by atoms with van der Waals surface area (Å²) in [5.74, 6) is 1.77. The fraction of sp³-hybridized carbons (Fsp3) is 0.684. The number of nitrogens with zero attached hydrogens (tertiary/aromatic N) is 1. The van der Waals surface area contributed by atoms with Crippen LogP contribution in [-0.2, 0) is 11.3 Å².